The van der Waals surface area contributed by atoms with E-state index in [1.165, 1.54) is 25.3 Å². The number of nitrogens with zero attached hydrogens (tertiary/aromatic N) is 1. The minimum atomic E-state index is -1.08. The maximum atomic E-state index is 13.8. The van der Waals surface area contributed by atoms with Gasteiger partial charge in [0.25, 0.3) is 0 Å². The number of aromatic nitrogens is 1. The number of carbonyl (C=O) groups is 1. The molecule has 0 spiro atoms. The fourth-order valence-corrected chi connectivity index (χ4v) is 4.88. The van der Waals surface area contributed by atoms with Crippen LogP contribution in [0.15, 0.2) is 60.7 Å². The van der Waals surface area contributed by atoms with Crippen molar-refractivity contribution in [1.29, 1.82) is 0 Å². The molecule has 1 aliphatic rings. The molecule has 34 heavy (non-hydrogen) atoms. The molecule has 1 aromatic heterocycles. The van der Waals surface area contributed by atoms with Crippen LogP contribution in [-0.2, 0) is 4.74 Å². The van der Waals surface area contributed by atoms with Crippen molar-refractivity contribution in [3.8, 4) is 28.3 Å². The second-order valence-electron chi connectivity index (χ2n) is 8.35. The van der Waals surface area contributed by atoms with Gasteiger partial charge in [0, 0.05) is 41.5 Å². The van der Waals surface area contributed by atoms with Crippen molar-refractivity contribution in [2.75, 3.05) is 20.3 Å². The van der Waals surface area contributed by atoms with E-state index in [2.05, 4.69) is 4.57 Å². The van der Waals surface area contributed by atoms with E-state index in [1.54, 1.807) is 36.4 Å². The van der Waals surface area contributed by atoms with Gasteiger partial charge in [0.1, 0.15) is 22.9 Å². The predicted molar refractivity (Wildman–Crippen MR) is 127 cm³/mol. The molecule has 7 heteroatoms. The van der Waals surface area contributed by atoms with E-state index in [-0.39, 0.29) is 28.8 Å². The first kappa shape index (κ1) is 22.0. The molecule has 3 aromatic carbocycles. The number of aromatic hydroxyl groups is 1. The summed E-state index contributed by atoms with van der Waals surface area (Å²) in [5.74, 6) is -0.940. The Morgan fingerprint density at radius 1 is 1.09 bits per heavy atom. The van der Waals surface area contributed by atoms with Gasteiger partial charge in [-0.2, -0.15) is 0 Å². The topological polar surface area (TPSA) is 80.9 Å². The number of carboxylic acids is 1. The summed E-state index contributed by atoms with van der Waals surface area (Å²) in [6, 6.07) is 16.6. The molecule has 5 rings (SSSR count). The minimum absolute atomic E-state index is 0.0605. The van der Waals surface area contributed by atoms with Crippen LogP contribution in [-0.4, -0.2) is 41.1 Å². The third-order valence-electron chi connectivity index (χ3n) is 6.42. The first-order valence-electron chi connectivity index (χ1n) is 11.1. The number of hydrogen-bond donors (Lipinski definition) is 2. The quantitative estimate of drug-likeness (QED) is 0.396. The van der Waals surface area contributed by atoms with Crippen LogP contribution in [0.1, 0.15) is 34.8 Å². The molecule has 4 aromatic rings. The molecule has 174 valence electrons. The number of carboxylic acid groups (broad SMARTS) is 1. The van der Waals surface area contributed by atoms with Gasteiger partial charge in [0.2, 0.25) is 0 Å². The van der Waals surface area contributed by atoms with Gasteiger partial charge in [0.05, 0.1) is 12.6 Å². The number of hydrogen-bond acceptors (Lipinski definition) is 4. The Morgan fingerprint density at radius 2 is 1.82 bits per heavy atom. The van der Waals surface area contributed by atoms with E-state index in [1.807, 2.05) is 6.07 Å². The van der Waals surface area contributed by atoms with Crippen molar-refractivity contribution in [3.63, 3.8) is 0 Å². The highest BCUT2D eigenvalue weighted by Crippen LogP contribution is 2.47. The summed E-state index contributed by atoms with van der Waals surface area (Å²) in [5, 5.41) is 21.2. The first-order valence-corrected chi connectivity index (χ1v) is 11.1. The van der Waals surface area contributed by atoms with Crippen molar-refractivity contribution in [3.05, 3.63) is 77.7 Å². The van der Waals surface area contributed by atoms with Crippen molar-refractivity contribution in [1.82, 2.24) is 4.57 Å². The molecule has 0 radical (unpaired) electrons. The third kappa shape index (κ3) is 3.68. The lowest BCUT2D eigenvalue weighted by atomic mass is 9.89. The number of halogens is 1. The van der Waals surface area contributed by atoms with Crippen LogP contribution in [0.5, 0.6) is 11.5 Å². The number of methoxy groups -OCH3 is 1. The molecule has 1 fully saturated rings. The van der Waals surface area contributed by atoms with Gasteiger partial charge in [-0.3, -0.25) is 0 Å². The van der Waals surface area contributed by atoms with Gasteiger partial charge in [-0.1, -0.05) is 12.1 Å². The maximum Gasteiger partial charge on any atom is 0.339 e. The predicted octanol–water partition coefficient (Wildman–Crippen LogP) is 5.74. The normalized spacial score (nSPS) is 14.4. The highest BCUT2D eigenvalue weighted by Gasteiger charge is 2.29. The number of rotatable bonds is 5. The second-order valence-corrected chi connectivity index (χ2v) is 8.35. The second kappa shape index (κ2) is 8.83. The van der Waals surface area contributed by atoms with Gasteiger partial charge >= 0.3 is 5.97 Å². The number of ether oxygens (including phenoxy) is 2. The van der Waals surface area contributed by atoms with Crippen LogP contribution in [0, 0.1) is 5.82 Å². The van der Waals surface area contributed by atoms with E-state index in [0.717, 1.165) is 40.9 Å². The molecule has 6 nitrogen and oxygen atoms in total. The van der Waals surface area contributed by atoms with Crippen LogP contribution in [0.4, 0.5) is 4.39 Å². The van der Waals surface area contributed by atoms with Crippen LogP contribution in [0.2, 0.25) is 0 Å². The first-order chi connectivity index (χ1) is 16.5. The van der Waals surface area contributed by atoms with E-state index in [9.17, 15) is 19.4 Å². The molecule has 0 bridgehead atoms. The smallest absolute Gasteiger partial charge is 0.339 e. The van der Waals surface area contributed by atoms with Crippen molar-refractivity contribution in [2.45, 2.75) is 18.8 Å². The molecule has 0 atom stereocenters. The van der Waals surface area contributed by atoms with E-state index < -0.39 is 5.97 Å². The van der Waals surface area contributed by atoms with Gasteiger partial charge < -0.3 is 24.3 Å². The van der Waals surface area contributed by atoms with Crippen molar-refractivity contribution < 1.29 is 28.9 Å². The van der Waals surface area contributed by atoms with Gasteiger partial charge in [-0.05, 0) is 66.9 Å². The highest BCUT2D eigenvalue weighted by molar-refractivity contribution is 6.04. The summed E-state index contributed by atoms with van der Waals surface area (Å²) in [7, 11) is 1.43. The van der Waals surface area contributed by atoms with Crippen LogP contribution in [0.25, 0.3) is 27.7 Å². The standard InChI is InChI=1S/C27H24FNO5/c1-33-23-15-17(5-10-20(23)27(31)32)24-25-21(3-2-4-22(25)30)29(19-8-6-18(28)7-9-19)26(24)16-11-13-34-14-12-16/h2-10,15-16,30H,11-14H2,1H3,(H,31,32). The zero-order valence-corrected chi connectivity index (χ0v) is 18.6. The van der Waals surface area contributed by atoms with E-state index in [0.29, 0.717) is 18.6 Å². The van der Waals surface area contributed by atoms with Crippen LogP contribution >= 0.6 is 0 Å². The molecular weight excluding hydrogens is 437 g/mol. The minimum Gasteiger partial charge on any atom is -0.507 e. The fraction of sp³-hybridized carbons (Fsp3) is 0.222. The molecule has 0 unspecified atom stereocenters. The molecule has 2 heterocycles. The lowest BCUT2D eigenvalue weighted by Crippen LogP contribution is -2.17. The monoisotopic (exact) mass is 461 g/mol. The number of phenolic OH excluding ortho intramolecular Hbond substituents is 1. The van der Waals surface area contributed by atoms with Crippen molar-refractivity contribution >= 4 is 16.9 Å². The summed E-state index contributed by atoms with van der Waals surface area (Å²) in [5.41, 5.74) is 4.13. The molecular formula is C27H24FNO5. The Labute approximate surface area is 195 Å². The summed E-state index contributed by atoms with van der Waals surface area (Å²) >= 11 is 0. The highest BCUT2D eigenvalue weighted by atomic mass is 19.1. The Kier molecular flexibility index (Phi) is 5.71. The molecule has 1 saturated heterocycles. The Balaban J connectivity index is 1.87. The lowest BCUT2D eigenvalue weighted by molar-refractivity contribution is 0.0693. The number of aromatic carboxylic acids is 1. The van der Waals surface area contributed by atoms with E-state index >= 15 is 0 Å². The van der Waals surface area contributed by atoms with E-state index in [4.69, 9.17) is 9.47 Å². The number of fused-ring (bicyclic) bond motifs is 1. The summed E-state index contributed by atoms with van der Waals surface area (Å²) in [4.78, 5) is 11.7. The summed E-state index contributed by atoms with van der Waals surface area (Å²) < 4.78 is 26.8. The van der Waals surface area contributed by atoms with Gasteiger partial charge in [-0.25, -0.2) is 9.18 Å². The molecule has 1 aliphatic heterocycles. The molecule has 2 N–H and O–H groups in total. The average molecular weight is 461 g/mol. The van der Waals surface area contributed by atoms with Gasteiger partial charge in [0.15, 0.2) is 0 Å². The fourth-order valence-electron chi connectivity index (χ4n) is 4.88. The summed E-state index contributed by atoms with van der Waals surface area (Å²) in [6.45, 7) is 1.23. The zero-order chi connectivity index (χ0) is 23.8. The lowest BCUT2D eigenvalue weighted by Gasteiger charge is -2.26. The average Bonchev–Trinajstić information content (AvgIpc) is 3.21. The maximum absolute atomic E-state index is 13.8. The number of phenols is 1. The largest absolute Gasteiger partial charge is 0.507 e. The van der Waals surface area contributed by atoms with Crippen LogP contribution in [0.3, 0.4) is 0 Å². The molecule has 0 saturated carbocycles. The molecule has 0 amide bonds. The molecule has 0 aliphatic carbocycles. The zero-order valence-electron chi connectivity index (χ0n) is 18.6. The third-order valence-corrected chi connectivity index (χ3v) is 6.42. The Morgan fingerprint density at radius 3 is 2.50 bits per heavy atom. The van der Waals surface area contributed by atoms with Crippen LogP contribution < -0.4 is 4.74 Å². The van der Waals surface area contributed by atoms with Gasteiger partial charge in [-0.15, -0.1) is 0 Å². The SMILES string of the molecule is COc1cc(-c2c(C3CCOCC3)n(-c3ccc(F)cc3)c3cccc(O)c23)ccc1C(=O)O. The number of benzene rings is 3. The van der Waals surface area contributed by atoms with Crippen molar-refractivity contribution in [2.24, 2.45) is 0 Å². The Bertz CT molecular complexity index is 1370. The summed E-state index contributed by atoms with van der Waals surface area (Å²) in [6.07, 6.45) is 1.57. The Hall–Kier alpha value is -3.84.